The van der Waals surface area contributed by atoms with Crippen molar-refractivity contribution in [3.63, 3.8) is 0 Å². The predicted octanol–water partition coefficient (Wildman–Crippen LogP) is 1.44. The lowest BCUT2D eigenvalue weighted by Crippen LogP contribution is -2.00. The number of rotatable bonds is 2. The van der Waals surface area contributed by atoms with E-state index in [-0.39, 0.29) is 0 Å². The molecule has 0 aliphatic carbocycles. The number of nitrogens with one attached hydrogen (secondary N) is 1. The molecule has 0 heterocycles. The van der Waals surface area contributed by atoms with Crippen molar-refractivity contribution >= 4 is 0 Å². The molecule has 0 bridgehead atoms. The fraction of sp³-hybridized carbons (Fsp3) is 0.125. The molecule has 1 aromatic carbocycles. The van der Waals surface area contributed by atoms with Crippen molar-refractivity contribution in [1.29, 1.82) is 0 Å². The second-order valence-electron chi connectivity index (χ2n) is 1.87. The summed E-state index contributed by atoms with van der Waals surface area (Å²) in [6.45, 7) is 0.737. The number of hydrogen-bond donors (Lipinski definition) is 1. The van der Waals surface area contributed by atoms with Gasteiger partial charge in [-0.3, -0.25) is 0 Å². The van der Waals surface area contributed by atoms with Crippen LogP contribution in [-0.4, -0.2) is 0 Å². The van der Waals surface area contributed by atoms with E-state index in [1.54, 1.807) is 0 Å². The maximum atomic E-state index is 5.11. The average Bonchev–Trinajstić information content (AvgIpc) is 1.91. The van der Waals surface area contributed by atoms with Crippen LogP contribution < -0.4 is 5.32 Å². The van der Waals surface area contributed by atoms with Gasteiger partial charge in [-0.2, -0.15) is 0 Å². The van der Waals surface area contributed by atoms with E-state index < -0.39 is 0 Å². The zero-order valence-corrected chi connectivity index (χ0v) is 5.17. The van der Waals surface area contributed by atoms with Gasteiger partial charge in [-0.15, -0.1) is 0 Å². The number of hydrogen-bond acceptors (Lipinski definition) is 1. The molecule has 0 saturated carbocycles. The first kappa shape index (κ1) is 6.30. The highest BCUT2D eigenvalue weighted by molar-refractivity contribution is 5.14. The molecule has 0 amide bonds. The Morgan fingerprint density at radius 2 is 1.89 bits per heavy atom. The van der Waals surface area contributed by atoms with Crippen molar-refractivity contribution in [2.24, 2.45) is 0 Å². The lowest BCUT2D eigenvalue weighted by atomic mass is 10.2. The third-order valence-corrected chi connectivity index (χ3v) is 1.15. The molecule has 9 heavy (non-hydrogen) atoms. The SMILES string of the molecule is [CH]NCc1ccccc1. The van der Waals surface area contributed by atoms with Gasteiger partial charge in [0.2, 0.25) is 0 Å². The summed E-state index contributed by atoms with van der Waals surface area (Å²) in [5, 5.41) is 2.58. The van der Waals surface area contributed by atoms with Crippen molar-refractivity contribution in [3.05, 3.63) is 42.9 Å². The van der Waals surface area contributed by atoms with Crippen molar-refractivity contribution in [2.75, 3.05) is 0 Å². The molecule has 0 aromatic heterocycles. The Morgan fingerprint density at radius 1 is 1.22 bits per heavy atom. The molecule has 0 saturated heterocycles. The predicted molar refractivity (Wildman–Crippen MR) is 37.6 cm³/mol. The van der Waals surface area contributed by atoms with E-state index in [0.29, 0.717) is 0 Å². The van der Waals surface area contributed by atoms with Crippen LogP contribution in [0.25, 0.3) is 0 Å². The molecule has 0 aliphatic heterocycles. The van der Waals surface area contributed by atoms with Crippen LogP contribution in [0, 0.1) is 7.05 Å². The zero-order valence-electron chi connectivity index (χ0n) is 5.17. The molecule has 1 heteroatoms. The minimum absolute atomic E-state index is 0.737. The summed E-state index contributed by atoms with van der Waals surface area (Å²) in [6, 6.07) is 10.0. The average molecular weight is 119 g/mol. The molecule has 1 rings (SSSR count). The third kappa shape index (κ3) is 1.86. The second kappa shape index (κ2) is 3.25. The topological polar surface area (TPSA) is 12.0 Å². The Kier molecular flexibility index (Phi) is 2.28. The molecular weight excluding hydrogens is 110 g/mol. The van der Waals surface area contributed by atoms with Crippen LogP contribution >= 0.6 is 0 Å². The molecule has 1 N–H and O–H groups in total. The summed E-state index contributed by atoms with van der Waals surface area (Å²) in [5.74, 6) is 0. The van der Waals surface area contributed by atoms with E-state index in [1.807, 2.05) is 30.3 Å². The second-order valence-corrected chi connectivity index (χ2v) is 1.87. The molecule has 0 aliphatic rings. The van der Waals surface area contributed by atoms with Gasteiger partial charge >= 0.3 is 0 Å². The molecule has 1 aromatic rings. The fourth-order valence-corrected chi connectivity index (χ4v) is 0.714. The molecular formula is C8H9N. The van der Waals surface area contributed by atoms with Crippen molar-refractivity contribution < 1.29 is 0 Å². The summed E-state index contributed by atoms with van der Waals surface area (Å²) in [4.78, 5) is 0. The first-order chi connectivity index (χ1) is 4.43. The van der Waals surface area contributed by atoms with Crippen LogP contribution in [0.5, 0.6) is 0 Å². The zero-order chi connectivity index (χ0) is 6.53. The summed E-state index contributed by atoms with van der Waals surface area (Å²) in [6.07, 6.45) is 0. The molecule has 1 nitrogen and oxygen atoms in total. The van der Waals surface area contributed by atoms with E-state index in [0.717, 1.165) is 6.54 Å². The van der Waals surface area contributed by atoms with Crippen LogP contribution in [-0.2, 0) is 6.54 Å². The van der Waals surface area contributed by atoms with Crippen LogP contribution in [0.3, 0.4) is 0 Å². The minimum Gasteiger partial charge on any atom is -0.307 e. The molecule has 46 valence electrons. The summed E-state index contributed by atoms with van der Waals surface area (Å²) < 4.78 is 0. The van der Waals surface area contributed by atoms with Gasteiger partial charge in [-0.25, -0.2) is 0 Å². The third-order valence-electron chi connectivity index (χ3n) is 1.15. The van der Waals surface area contributed by atoms with E-state index in [4.69, 9.17) is 7.05 Å². The lowest BCUT2D eigenvalue weighted by Gasteiger charge is -1.95. The summed E-state index contributed by atoms with van der Waals surface area (Å²) >= 11 is 0. The fourth-order valence-electron chi connectivity index (χ4n) is 0.714. The van der Waals surface area contributed by atoms with Crippen molar-refractivity contribution in [2.45, 2.75) is 6.54 Å². The van der Waals surface area contributed by atoms with Gasteiger partial charge in [-0.05, 0) is 5.56 Å². The van der Waals surface area contributed by atoms with E-state index in [2.05, 4.69) is 5.32 Å². The largest absolute Gasteiger partial charge is 0.307 e. The van der Waals surface area contributed by atoms with E-state index >= 15 is 0 Å². The van der Waals surface area contributed by atoms with Crippen LogP contribution in [0.15, 0.2) is 30.3 Å². The Balaban J connectivity index is 2.61. The van der Waals surface area contributed by atoms with Gasteiger partial charge in [0.25, 0.3) is 0 Å². The highest BCUT2D eigenvalue weighted by Gasteiger charge is 1.83. The molecule has 0 spiro atoms. The standard InChI is InChI=1S/C8H9N/c1-9-7-8-5-3-2-4-6-8/h1-6,9H,7H2. The van der Waals surface area contributed by atoms with Gasteiger partial charge < -0.3 is 5.32 Å². The van der Waals surface area contributed by atoms with Crippen molar-refractivity contribution in [1.82, 2.24) is 5.32 Å². The summed E-state index contributed by atoms with van der Waals surface area (Å²) in [5.41, 5.74) is 1.21. The Morgan fingerprint density at radius 3 is 2.44 bits per heavy atom. The normalized spacial score (nSPS) is 9.44. The van der Waals surface area contributed by atoms with Crippen LogP contribution in [0.1, 0.15) is 5.56 Å². The number of benzene rings is 1. The van der Waals surface area contributed by atoms with E-state index in [9.17, 15) is 0 Å². The first-order valence-corrected chi connectivity index (χ1v) is 2.91. The maximum Gasteiger partial charge on any atom is 0.0410 e. The molecule has 2 radical (unpaired) electrons. The highest BCUT2D eigenvalue weighted by atomic mass is 14.8. The molecule has 0 fully saturated rings. The van der Waals surface area contributed by atoms with Gasteiger partial charge in [0, 0.05) is 13.6 Å². The van der Waals surface area contributed by atoms with Crippen molar-refractivity contribution in [3.8, 4) is 0 Å². The lowest BCUT2D eigenvalue weighted by molar-refractivity contribution is 0.866. The smallest absolute Gasteiger partial charge is 0.0410 e. The van der Waals surface area contributed by atoms with Crippen LogP contribution in [0.2, 0.25) is 0 Å². The Hall–Kier alpha value is -0.820. The minimum atomic E-state index is 0.737. The first-order valence-electron chi connectivity index (χ1n) is 2.91. The van der Waals surface area contributed by atoms with Crippen LogP contribution in [0.4, 0.5) is 0 Å². The molecule has 0 atom stereocenters. The Labute approximate surface area is 55.7 Å². The van der Waals surface area contributed by atoms with Gasteiger partial charge in [0.05, 0.1) is 0 Å². The molecule has 0 unspecified atom stereocenters. The van der Waals surface area contributed by atoms with E-state index in [1.165, 1.54) is 5.56 Å². The quantitative estimate of drug-likeness (QED) is 0.581. The summed E-state index contributed by atoms with van der Waals surface area (Å²) in [7, 11) is 5.11. The van der Waals surface area contributed by atoms with Gasteiger partial charge in [0.15, 0.2) is 0 Å². The maximum absolute atomic E-state index is 5.11. The Bertz CT molecular complexity index is 157. The van der Waals surface area contributed by atoms with Gasteiger partial charge in [-0.1, -0.05) is 30.3 Å². The van der Waals surface area contributed by atoms with Gasteiger partial charge in [0.1, 0.15) is 0 Å². The monoisotopic (exact) mass is 119 g/mol. The highest BCUT2D eigenvalue weighted by Crippen LogP contribution is 1.95.